The lowest BCUT2D eigenvalue weighted by Gasteiger charge is -2.35. The summed E-state index contributed by atoms with van der Waals surface area (Å²) in [6.45, 7) is 8.08. The predicted octanol–water partition coefficient (Wildman–Crippen LogP) is 0.00110. The Hall–Kier alpha value is -2.15. The first-order chi connectivity index (χ1) is 11.1. The second-order valence-corrected chi connectivity index (χ2v) is 5.55. The van der Waals surface area contributed by atoms with Crippen molar-refractivity contribution >= 4 is 11.8 Å². The molecule has 126 valence electrons. The topological polar surface area (TPSA) is 76.7 Å². The molecule has 1 N–H and O–H groups in total. The highest BCUT2D eigenvalue weighted by Gasteiger charge is 2.25. The molecule has 0 unspecified atom stereocenters. The van der Waals surface area contributed by atoms with E-state index in [4.69, 9.17) is 0 Å². The highest BCUT2D eigenvalue weighted by molar-refractivity contribution is 5.93. The summed E-state index contributed by atoms with van der Waals surface area (Å²) < 4.78 is 0. The van der Waals surface area contributed by atoms with Crippen molar-refractivity contribution in [3.63, 3.8) is 0 Å². The maximum atomic E-state index is 12.4. The van der Waals surface area contributed by atoms with Crippen LogP contribution in [0, 0.1) is 0 Å². The highest BCUT2D eigenvalue weighted by atomic mass is 16.2. The van der Waals surface area contributed by atoms with Gasteiger partial charge in [-0.1, -0.05) is 0 Å². The van der Waals surface area contributed by atoms with Gasteiger partial charge >= 0.3 is 0 Å². The van der Waals surface area contributed by atoms with Gasteiger partial charge in [-0.05, 0) is 26.0 Å². The molecule has 0 bridgehead atoms. The summed E-state index contributed by atoms with van der Waals surface area (Å²) in [5.41, 5.74) is -0.197. The number of nitrogens with zero attached hydrogens (tertiary/aromatic N) is 3. The zero-order valence-electron chi connectivity index (χ0n) is 13.7. The quantitative estimate of drug-likeness (QED) is 0.828. The summed E-state index contributed by atoms with van der Waals surface area (Å²) in [4.78, 5) is 44.2. The van der Waals surface area contributed by atoms with E-state index >= 15 is 0 Å². The number of aromatic nitrogens is 1. The number of hydrogen-bond acceptors (Lipinski definition) is 4. The Kier molecular flexibility index (Phi) is 5.92. The van der Waals surface area contributed by atoms with Crippen molar-refractivity contribution in [3.8, 4) is 0 Å². The van der Waals surface area contributed by atoms with Gasteiger partial charge in [0.05, 0.1) is 6.54 Å². The summed E-state index contributed by atoms with van der Waals surface area (Å²) in [5, 5.41) is 0. The zero-order valence-corrected chi connectivity index (χ0v) is 13.7. The van der Waals surface area contributed by atoms with Crippen LogP contribution < -0.4 is 5.56 Å². The fourth-order valence-corrected chi connectivity index (χ4v) is 2.74. The first-order valence-electron chi connectivity index (χ1n) is 8.03. The minimum Gasteiger partial charge on any atom is -0.342 e. The van der Waals surface area contributed by atoms with Crippen LogP contribution in [-0.4, -0.2) is 77.3 Å². The molecule has 2 heterocycles. The van der Waals surface area contributed by atoms with Crippen molar-refractivity contribution in [1.82, 2.24) is 19.7 Å². The number of piperazine rings is 1. The average molecular weight is 320 g/mol. The van der Waals surface area contributed by atoms with Crippen LogP contribution in [0.5, 0.6) is 0 Å². The van der Waals surface area contributed by atoms with E-state index in [1.54, 1.807) is 15.9 Å². The molecular weight excluding hydrogens is 296 g/mol. The van der Waals surface area contributed by atoms with Gasteiger partial charge in [-0.3, -0.25) is 19.3 Å². The smallest absolute Gasteiger partial charge is 0.260 e. The van der Waals surface area contributed by atoms with Crippen LogP contribution in [-0.2, 0) is 4.79 Å². The van der Waals surface area contributed by atoms with Gasteiger partial charge in [-0.25, -0.2) is 0 Å². The SMILES string of the molecule is CCN(CC)C(=O)CN1CCN(C(=O)c2ccc[nH]c2=O)CC1. The number of aromatic amines is 1. The van der Waals surface area contributed by atoms with Gasteiger partial charge in [-0.2, -0.15) is 0 Å². The first kappa shape index (κ1) is 17.2. The third-order valence-corrected chi connectivity index (χ3v) is 4.18. The van der Waals surface area contributed by atoms with E-state index in [2.05, 4.69) is 9.88 Å². The van der Waals surface area contributed by atoms with Gasteiger partial charge < -0.3 is 14.8 Å². The van der Waals surface area contributed by atoms with E-state index in [-0.39, 0.29) is 22.9 Å². The Labute approximate surface area is 135 Å². The summed E-state index contributed by atoms with van der Waals surface area (Å²) in [7, 11) is 0. The molecule has 0 saturated carbocycles. The molecule has 0 aromatic carbocycles. The third kappa shape index (κ3) is 4.19. The summed E-state index contributed by atoms with van der Waals surface area (Å²) >= 11 is 0. The molecular formula is C16H24N4O3. The lowest BCUT2D eigenvalue weighted by atomic mass is 10.2. The lowest BCUT2D eigenvalue weighted by molar-refractivity contribution is -0.132. The van der Waals surface area contributed by atoms with E-state index in [9.17, 15) is 14.4 Å². The van der Waals surface area contributed by atoms with Crippen LogP contribution in [0.25, 0.3) is 0 Å². The van der Waals surface area contributed by atoms with Gasteiger partial charge in [0.2, 0.25) is 5.91 Å². The predicted molar refractivity (Wildman–Crippen MR) is 87.3 cm³/mol. The Morgan fingerprint density at radius 1 is 1.17 bits per heavy atom. The molecule has 1 saturated heterocycles. The molecule has 7 heteroatoms. The maximum absolute atomic E-state index is 12.4. The molecule has 2 amide bonds. The second-order valence-electron chi connectivity index (χ2n) is 5.55. The average Bonchev–Trinajstić information content (AvgIpc) is 2.56. The third-order valence-electron chi connectivity index (χ3n) is 4.18. The fourth-order valence-electron chi connectivity index (χ4n) is 2.74. The summed E-state index contributed by atoms with van der Waals surface area (Å²) in [6, 6.07) is 3.19. The molecule has 0 atom stereocenters. The number of likely N-dealkylation sites (N-methyl/N-ethyl adjacent to an activating group) is 1. The summed E-state index contributed by atoms with van der Waals surface area (Å²) in [6.07, 6.45) is 1.51. The van der Waals surface area contributed by atoms with E-state index in [1.807, 2.05) is 13.8 Å². The number of H-pyrrole nitrogens is 1. The van der Waals surface area contributed by atoms with Crippen LogP contribution in [0.2, 0.25) is 0 Å². The number of rotatable bonds is 5. The Morgan fingerprint density at radius 3 is 2.39 bits per heavy atom. The number of pyridine rings is 1. The van der Waals surface area contributed by atoms with Crippen molar-refractivity contribution in [2.75, 3.05) is 45.8 Å². The minimum absolute atomic E-state index is 0.120. The van der Waals surface area contributed by atoms with Crippen molar-refractivity contribution in [3.05, 3.63) is 34.2 Å². The molecule has 1 fully saturated rings. The molecule has 1 aromatic heterocycles. The summed E-state index contributed by atoms with van der Waals surface area (Å²) in [5.74, 6) is -0.129. The van der Waals surface area contributed by atoms with Gasteiger partial charge in [0.1, 0.15) is 5.56 Å². The number of hydrogen-bond donors (Lipinski definition) is 1. The lowest BCUT2D eigenvalue weighted by Crippen LogP contribution is -2.52. The molecule has 0 aliphatic carbocycles. The Bertz CT molecular complexity index is 601. The number of carbonyl (C=O) groups excluding carboxylic acids is 2. The molecule has 0 spiro atoms. The van der Waals surface area contributed by atoms with E-state index in [0.717, 1.165) is 0 Å². The molecule has 1 aromatic rings. The van der Waals surface area contributed by atoms with Crippen molar-refractivity contribution in [2.45, 2.75) is 13.8 Å². The molecule has 0 radical (unpaired) electrons. The minimum atomic E-state index is -0.364. The van der Waals surface area contributed by atoms with Gasteiger partial charge in [0, 0.05) is 45.5 Å². The van der Waals surface area contributed by atoms with Crippen LogP contribution in [0.1, 0.15) is 24.2 Å². The molecule has 7 nitrogen and oxygen atoms in total. The van der Waals surface area contributed by atoms with Crippen LogP contribution in [0.4, 0.5) is 0 Å². The monoisotopic (exact) mass is 320 g/mol. The van der Waals surface area contributed by atoms with Crippen LogP contribution in [0.15, 0.2) is 23.1 Å². The first-order valence-corrected chi connectivity index (χ1v) is 8.03. The Morgan fingerprint density at radius 2 is 1.83 bits per heavy atom. The largest absolute Gasteiger partial charge is 0.342 e. The number of carbonyl (C=O) groups is 2. The molecule has 1 aliphatic rings. The van der Waals surface area contributed by atoms with E-state index in [1.165, 1.54) is 12.3 Å². The van der Waals surface area contributed by atoms with Crippen molar-refractivity contribution in [2.24, 2.45) is 0 Å². The number of nitrogens with one attached hydrogen (secondary N) is 1. The van der Waals surface area contributed by atoms with Crippen LogP contribution >= 0.6 is 0 Å². The Balaban J connectivity index is 1.89. The number of amides is 2. The van der Waals surface area contributed by atoms with Gasteiger partial charge in [0.15, 0.2) is 0 Å². The molecule has 2 rings (SSSR count). The zero-order chi connectivity index (χ0) is 16.8. The molecule has 23 heavy (non-hydrogen) atoms. The maximum Gasteiger partial charge on any atom is 0.260 e. The fraction of sp³-hybridized carbons (Fsp3) is 0.562. The standard InChI is InChI=1S/C16H24N4O3/c1-3-19(4-2)14(21)12-18-8-10-20(11-9-18)16(23)13-6-5-7-17-15(13)22/h5-7H,3-4,8-12H2,1-2H3,(H,17,22). The van der Waals surface area contributed by atoms with Crippen molar-refractivity contribution in [1.29, 1.82) is 0 Å². The van der Waals surface area contributed by atoms with Gasteiger partial charge in [0.25, 0.3) is 11.5 Å². The van der Waals surface area contributed by atoms with Crippen molar-refractivity contribution < 1.29 is 9.59 Å². The van der Waals surface area contributed by atoms with Crippen LogP contribution in [0.3, 0.4) is 0 Å². The normalized spacial score (nSPS) is 15.5. The molecule has 1 aliphatic heterocycles. The highest BCUT2D eigenvalue weighted by Crippen LogP contribution is 2.06. The van der Waals surface area contributed by atoms with E-state index < -0.39 is 0 Å². The second kappa shape index (κ2) is 7.92. The van der Waals surface area contributed by atoms with Gasteiger partial charge in [-0.15, -0.1) is 0 Å². The van der Waals surface area contributed by atoms with E-state index in [0.29, 0.717) is 45.8 Å².